The second-order valence-corrected chi connectivity index (χ2v) is 9.22. The minimum absolute atomic E-state index is 0.236. The fraction of sp³-hybridized carbons (Fsp3) is 0.273. The first kappa shape index (κ1) is 21.8. The van der Waals surface area contributed by atoms with Crippen LogP contribution in [0.25, 0.3) is 16.6 Å². The number of hydrogen-bond donors (Lipinski definition) is 2. The Morgan fingerprint density at radius 2 is 2.09 bits per heavy atom. The fourth-order valence-corrected chi connectivity index (χ4v) is 5.31. The summed E-state index contributed by atoms with van der Waals surface area (Å²) in [7, 11) is -1.85. The number of fused-ring (bicyclic) bond motifs is 2. The van der Waals surface area contributed by atoms with Crippen molar-refractivity contribution in [2.24, 2.45) is 0 Å². The number of nitrogens with zero attached hydrogens (tertiary/aromatic N) is 3. The van der Waals surface area contributed by atoms with E-state index in [1.165, 1.54) is 3.97 Å². The smallest absolute Gasteiger partial charge is 0.290 e. The van der Waals surface area contributed by atoms with Gasteiger partial charge in [0, 0.05) is 31.5 Å². The number of aromatic nitrogens is 2. The highest BCUT2D eigenvalue weighted by molar-refractivity contribution is 7.90. The Morgan fingerprint density at radius 3 is 2.84 bits per heavy atom. The summed E-state index contributed by atoms with van der Waals surface area (Å²) in [5.41, 5.74) is 4.09. The summed E-state index contributed by atoms with van der Waals surface area (Å²) in [5.74, 6) is 0.706. The average Bonchev–Trinajstić information content (AvgIpc) is 3.21. The maximum absolute atomic E-state index is 13.6. The maximum atomic E-state index is 13.6. The first-order valence-corrected chi connectivity index (χ1v) is 11.6. The third-order valence-corrected chi connectivity index (χ3v) is 7.19. The highest BCUT2D eigenvalue weighted by atomic mass is 32.2. The standard InChI is InChI=1S/C21H22N4O3S.CH2O2/c1-24-11-12-28-20-5-4-16(13-19(20)24)29(26,27)25-14-17(15-6-9-22-10-7-15)21-18(25)3-2-8-23-21;2-1-3/h2-6,8,13-14,22H,7,9-12H2,1H3;1H,(H,2,3). The van der Waals surface area contributed by atoms with E-state index in [4.69, 9.17) is 14.6 Å². The van der Waals surface area contributed by atoms with Crippen molar-refractivity contribution in [1.29, 1.82) is 0 Å². The van der Waals surface area contributed by atoms with Gasteiger partial charge in [-0.05, 0) is 48.9 Å². The summed E-state index contributed by atoms with van der Waals surface area (Å²) in [5, 5.41) is 10.2. The predicted molar refractivity (Wildman–Crippen MR) is 122 cm³/mol. The van der Waals surface area contributed by atoms with Crippen LogP contribution in [0.1, 0.15) is 12.0 Å². The van der Waals surface area contributed by atoms with E-state index in [-0.39, 0.29) is 11.4 Å². The van der Waals surface area contributed by atoms with Crippen LogP contribution < -0.4 is 15.0 Å². The average molecular weight is 457 g/mol. The Kier molecular flexibility index (Phi) is 6.15. The number of ether oxygens (including phenoxy) is 1. The van der Waals surface area contributed by atoms with Crippen molar-refractivity contribution in [3.63, 3.8) is 0 Å². The molecule has 0 aliphatic carbocycles. The molecule has 2 aliphatic heterocycles. The van der Waals surface area contributed by atoms with Crippen LogP contribution in [0.2, 0.25) is 0 Å². The van der Waals surface area contributed by atoms with Gasteiger partial charge in [0.25, 0.3) is 16.5 Å². The molecule has 2 N–H and O–H groups in total. The quantitative estimate of drug-likeness (QED) is 0.577. The summed E-state index contributed by atoms with van der Waals surface area (Å²) in [6.07, 6.45) is 6.37. The van der Waals surface area contributed by atoms with Crippen molar-refractivity contribution >= 4 is 38.8 Å². The molecule has 32 heavy (non-hydrogen) atoms. The monoisotopic (exact) mass is 456 g/mol. The normalized spacial score (nSPS) is 15.8. The number of carboxylic acid groups (broad SMARTS) is 1. The molecule has 1 aromatic carbocycles. The second-order valence-electron chi connectivity index (χ2n) is 7.40. The number of pyridine rings is 1. The van der Waals surface area contributed by atoms with Crippen LogP contribution in [0, 0.1) is 0 Å². The van der Waals surface area contributed by atoms with Gasteiger partial charge in [-0.3, -0.25) is 9.78 Å². The van der Waals surface area contributed by atoms with Gasteiger partial charge in [-0.25, -0.2) is 12.4 Å². The lowest BCUT2D eigenvalue weighted by Crippen LogP contribution is -2.29. The Hall–Kier alpha value is -3.37. The molecule has 0 amide bonds. The largest absolute Gasteiger partial charge is 0.490 e. The van der Waals surface area contributed by atoms with Gasteiger partial charge < -0.3 is 20.1 Å². The van der Waals surface area contributed by atoms with Crippen molar-refractivity contribution < 1.29 is 23.1 Å². The summed E-state index contributed by atoms with van der Waals surface area (Å²) < 4.78 is 34.2. The van der Waals surface area contributed by atoms with Gasteiger partial charge in [-0.1, -0.05) is 6.08 Å². The molecule has 2 aliphatic rings. The molecular formula is C22H24N4O5S. The van der Waals surface area contributed by atoms with Crippen LogP contribution in [-0.4, -0.2) is 62.2 Å². The molecule has 0 radical (unpaired) electrons. The van der Waals surface area contributed by atoms with Crippen LogP contribution in [0.15, 0.2) is 53.7 Å². The first-order chi connectivity index (χ1) is 15.5. The van der Waals surface area contributed by atoms with Gasteiger partial charge in [-0.2, -0.15) is 0 Å². The van der Waals surface area contributed by atoms with E-state index in [0.29, 0.717) is 23.4 Å². The molecule has 4 heterocycles. The molecule has 0 fully saturated rings. The zero-order valence-electron chi connectivity index (χ0n) is 17.6. The predicted octanol–water partition coefficient (Wildman–Crippen LogP) is 2.18. The van der Waals surface area contributed by atoms with E-state index >= 15 is 0 Å². The molecule has 0 atom stereocenters. The van der Waals surface area contributed by atoms with Crippen LogP contribution in [-0.2, 0) is 14.8 Å². The highest BCUT2D eigenvalue weighted by Gasteiger charge is 2.26. The molecule has 10 heteroatoms. The minimum atomic E-state index is -3.79. The third kappa shape index (κ3) is 3.94. The van der Waals surface area contributed by atoms with Gasteiger partial charge in [0.05, 0.1) is 28.2 Å². The molecule has 0 bridgehead atoms. The van der Waals surface area contributed by atoms with Crippen molar-refractivity contribution in [2.45, 2.75) is 11.3 Å². The molecule has 0 spiro atoms. The third-order valence-electron chi connectivity index (χ3n) is 5.52. The Bertz CT molecular complexity index is 1280. The van der Waals surface area contributed by atoms with Gasteiger partial charge in [-0.15, -0.1) is 0 Å². The lowest BCUT2D eigenvalue weighted by molar-refractivity contribution is -0.122. The van der Waals surface area contributed by atoms with Crippen LogP contribution >= 0.6 is 0 Å². The van der Waals surface area contributed by atoms with E-state index in [9.17, 15) is 8.42 Å². The Balaban J connectivity index is 0.000000775. The summed E-state index contributed by atoms with van der Waals surface area (Å²) in [6.45, 7) is 2.71. The number of hydrogen-bond acceptors (Lipinski definition) is 7. The molecule has 0 unspecified atom stereocenters. The van der Waals surface area contributed by atoms with E-state index in [1.54, 1.807) is 42.7 Å². The minimum Gasteiger partial charge on any atom is -0.490 e. The van der Waals surface area contributed by atoms with Crippen LogP contribution in [0.3, 0.4) is 0 Å². The number of rotatable bonds is 3. The van der Waals surface area contributed by atoms with Gasteiger partial charge in [0.1, 0.15) is 12.4 Å². The van der Waals surface area contributed by atoms with Gasteiger partial charge in [0.2, 0.25) is 0 Å². The summed E-state index contributed by atoms with van der Waals surface area (Å²) >= 11 is 0. The van der Waals surface area contributed by atoms with E-state index < -0.39 is 10.0 Å². The first-order valence-electron chi connectivity index (χ1n) is 10.1. The zero-order valence-corrected chi connectivity index (χ0v) is 18.4. The second kappa shape index (κ2) is 9.01. The fourth-order valence-electron chi connectivity index (χ4n) is 3.94. The summed E-state index contributed by atoms with van der Waals surface area (Å²) in [4.78, 5) is 15.1. The van der Waals surface area contributed by atoms with Crippen molar-refractivity contribution in [3.8, 4) is 5.75 Å². The number of likely N-dealkylation sites (N-methyl/N-ethyl adjacent to an activating group) is 1. The van der Waals surface area contributed by atoms with Gasteiger partial charge >= 0.3 is 0 Å². The number of carbonyl (C=O) groups is 1. The molecule has 9 nitrogen and oxygen atoms in total. The SMILES string of the molecule is CN1CCOc2ccc(S(=O)(=O)n3cc(C4=CCNCC4)c4ncccc43)cc21.O=CO. The number of nitrogens with one attached hydrogen (secondary N) is 1. The van der Waals surface area contributed by atoms with E-state index in [0.717, 1.165) is 42.9 Å². The molecule has 3 aromatic rings. The molecular weight excluding hydrogens is 432 g/mol. The maximum Gasteiger partial charge on any atom is 0.290 e. The van der Waals surface area contributed by atoms with E-state index in [2.05, 4.69) is 16.4 Å². The van der Waals surface area contributed by atoms with Crippen LogP contribution in [0.5, 0.6) is 5.75 Å². The molecule has 0 saturated heterocycles. The van der Waals surface area contributed by atoms with Crippen molar-refractivity contribution in [1.82, 2.24) is 14.3 Å². The number of benzene rings is 1. The molecule has 168 valence electrons. The zero-order chi connectivity index (χ0) is 22.7. The molecule has 0 saturated carbocycles. The lowest BCUT2D eigenvalue weighted by atomic mass is 10.0. The highest BCUT2D eigenvalue weighted by Crippen LogP contribution is 2.35. The van der Waals surface area contributed by atoms with Crippen molar-refractivity contribution in [2.75, 3.05) is 38.2 Å². The number of anilines is 1. The summed E-state index contributed by atoms with van der Waals surface area (Å²) in [6, 6.07) is 8.61. The van der Waals surface area contributed by atoms with E-state index in [1.807, 2.05) is 11.9 Å². The van der Waals surface area contributed by atoms with Crippen LogP contribution in [0.4, 0.5) is 5.69 Å². The topological polar surface area (TPSA) is 114 Å². The molecule has 5 rings (SSSR count). The lowest BCUT2D eigenvalue weighted by Gasteiger charge is -2.28. The molecule has 2 aromatic heterocycles. The Labute approximate surface area is 186 Å². The van der Waals surface area contributed by atoms with Gasteiger partial charge in [0.15, 0.2) is 0 Å². The van der Waals surface area contributed by atoms with Crippen molar-refractivity contribution in [3.05, 3.63) is 54.4 Å². The Morgan fingerprint density at radius 1 is 1.28 bits per heavy atom.